The molecule has 0 aromatic carbocycles. The number of amides is 1. The van der Waals surface area contributed by atoms with E-state index in [9.17, 15) is 9.59 Å². The minimum Gasteiger partial charge on any atom is -0.480 e. The van der Waals surface area contributed by atoms with Crippen LogP contribution in [0.5, 0.6) is 0 Å². The number of allylic oxidation sites excluding steroid dienone is 1. The van der Waals surface area contributed by atoms with Gasteiger partial charge in [0.25, 0.3) is 0 Å². The van der Waals surface area contributed by atoms with Crippen LogP contribution in [0.2, 0.25) is 0 Å². The Morgan fingerprint density at radius 1 is 1.33 bits per heavy atom. The van der Waals surface area contributed by atoms with E-state index in [4.69, 9.17) is 5.11 Å². The van der Waals surface area contributed by atoms with Crippen molar-refractivity contribution in [1.82, 2.24) is 5.32 Å². The zero-order valence-corrected chi connectivity index (χ0v) is 8.53. The molecule has 0 atom stereocenters. The normalized spacial score (nSPS) is 23.5. The number of carboxylic acid groups (broad SMARTS) is 1. The fraction of sp³-hybridized carbons (Fsp3) is 0.636. The fourth-order valence-corrected chi connectivity index (χ4v) is 1.71. The van der Waals surface area contributed by atoms with E-state index in [0.717, 1.165) is 19.3 Å². The minimum atomic E-state index is -0.981. The largest absolute Gasteiger partial charge is 0.480 e. The molecule has 0 aromatic heterocycles. The number of hydrogen-bond acceptors (Lipinski definition) is 2. The summed E-state index contributed by atoms with van der Waals surface area (Å²) in [5.41, 5.74) is -0.981. The van der Waals surface area contributed by atoms with Crippen LogP contribution in [-0.4, -0.2) is 22.5 Å². The van der Waals surface area contributed by atoms with Gasteiger partial charge in [0.1, 0.15) is 5.54 Å². The third kappa shape index (κ3) is 2.19. The highest BCUT2D eigenvalue weighted by Gasteiger charge is 2.45. The quantitative estimate of drug-likeness (QED) is 0.681. The van der Waals surface area contributed by atoms with Crippen LogP contribution in [0.4, 0.5) is 0 Å². The van der Waals surface area contributed by atoms with Crippen LogP contribution in [0.25, 0.3) is 0 Å². The third-order valence-electron chi connectivity index (χ3n) is 3.12. The van der Waals surface area contributed by atoms with Gasteiger partial charge in [0, 0.05) is 0 Å². The van der Waals surface area contributed by atoms with E-state index < -0.39 is 11.5 Å². The predicted molar refractivity (Wildman–Crippen MR) is 54.2 cm³/mol. The number of carbonyl (C=O) groups excluding carboxylic acids is 1. The molecule has 4 nitrogen and oxygen atoms in total. The van der Waals surface area contributed by atoms with Crippen LogP contribution >= 0.6 is 0 Å². The van der Waals surface area contributed by atoms with E-state index in [1.54, 1.807) is 0 Å². The second kappa shape index (κ2) is 3.68. The lowest BCUT2D eigenvalue weighted by molar-refractivity contribution is -0.151. The van der Waals surface area contributed by atoms with Gasteiger partial charge < -0.3 is 10.4 Å². The van der Waals surface area contributed by atoms with Crippen molar-refractivity contribution in [2.45, 2.75) is 37.6 Å². The van der Waals surface area contributed by atoms with Gasteiger partial charge in [-0.15, -0.1) is 0 Å². The molecule has 1 amide bonds. The van der Waals surface area contributed by atoms with Crippen LogP contribution in [0.3, 0.4) is 0 Å². The fourth-order valence-electron chi connectivity index (χ4n) is 1.71. The smallest absolute Gasteiger partial charge is 0.329 e. The molecule has 0 spiro atoms. The van der Waals surface area contributed by atoms with E-state index in [-0.39, 0.29) is 5.91 Å². The van der Waals surface area contributed by atoms with Gasteiger partial charge in [-0.1, -0.05) is 6.08 Å². The number of aliphatic carboxylic acids is 1. The van der Waals surface area contributed by atoms with Gasteiger partial charge in [-0.2, -0.15) is 0 Å². The summed E-state index contributed by atoms with van der Waals surface area (Å²) in [6, 6.07) is 0. The summed E-state index contributed by atoms with van der Waals surface area (Å²) in [5, 5.41) is 11.6. The predicted octanol–water partition coefficient (Wildman–Crippen LogP) is 1.08. The molecule has 2 N–H and O–H groups in total. The van der Waals surface area contributed by atoms with Crippen molar-refractivity contribution in [2.24, 2.45) is 5.92 Å². The summed E-state index contributed by atoms with van der Waals surface area (Å²) in [6.07, 6.45) is 7.60. The summed E-state index contributed by atoms with van der Waals surface area (Å²) < 4.78 is 0. The van der Waals surface area contributed by atoms with Gasteiger partial charge in [-0.25, -0.2) is 4.79 Å². The number of hydrogen-bond donors (Lipinski definition) is 2. The molecule has 4 heteroatoms. The van der Waals surface area contributed by atoms with Crippen molar-refractivity contribution in [3.63, 3.8) is 0 Å². The van der Waals surface area contributed by atoms with Crippen LogP contribution in [-0.2, 0) is 9.59 Å². The van der Waals surface area contributed by atoms with Gasteiger partial charge in [-0.05, 0) is 44.1 Å². The Bertz CT molecular complexity index is 314. The molecule has 2 rings (SSSR count). The van der Waals surface area contributed by atoms with Gasteiger partial charge in [0.2, 0.25) is 5.91 Å². The highest BCUT2D eigenvalue weighted by atomic mass is 16.4. The van der Waals surface area contributed by atoms with Crippen molar-refractivity contribution in [1.29, 1.82) is 0 Å². The first-order chi connectivity index (χ1) is 7.12. The van der Waals surface area contributed by atoms with Crippen molar-refractivity contribution < 1.29 is 14.7 Å². The molecule has 0 aromatic rings. The Morgan fingerprint density at radius 2 is 2.00 bits per heavy atom. The van der Waals surface area contributed by atoms with Gasteiger partial charge in [-0.3, -0.25) is 4.79 Å². The SMILES string of the molecule is O=C(/C=C/C1CC1)NC1(C(=O)O)CCC1. The zero-order valence-electron chi connectivity index (χ0n) is 8.53. The minimum absolute atomic E-state index is 0.274. The first kappa shape index (κ1) is 10.2. The van der Waals surface area contributed by atoms with E-state index in [0.29, 0.717) is 18.8 Å². The van der Waals surface area contributed by atoms with E-state index >= 15 is 0 Å². The summed E-state index contributed by atoms with van der Waals surface area (Å²) in [5.74, 6) is -0.649. The number of nitrogens with one attached hydrogen (secondary N) is 1. The number of rotatable bonds is 4. The average molecular weight is 209 g/mol. The standard InChI is InChI=1S/C11H15NO3/c13-9(5-4-8-2-3-8)12-11(10(14)15)6-1-7-11/h4-5,8H,1-3,6-7H2,(H,12,13)(H,14,15)/b5-4+. The maximum Gasteiger partial charge on any atom is 0.329 e. The molecule has 2 aliphatic rings. The Labute approximate surface area is 88.4 Å². The molecule has 0 radical (unpaired) electrons. The van der Waals surface area contributed by atoms with Crippen molar-refractivity contribution in [3.8, 4) is 0 Å². The van der Waals surface area contributed by atoms with Crippen LogP contribution < -0.4 is 5.32 Å². The third-order valence-corrected chi connectivity index (χ3v) is 3.12. The average Bonchev–Trinajstić information content (AvgIpc) is 2.90. The lowest BCUT2D eigenvalue weighted by Crippen LogP contribution is -2.58. The van der Waals surface area contributed by atoms with Crippen LogP contribution in [0.1, 0.15) is 32.1 Å². The highest BCUT2D eigenvalue weighted by Crippen LogP contribution is 2.32. The molecule has 0 bridgehead atoms. The van der Waals surface area contributed by atoms with Gasteiger partial charge in [0.15, 0.2) is 0 Å². The van der Waals surface area contributed by atoms with Crippen molar-refractivity contribution in [3.05, 3.63) is 12.2 Å². The van der Waals surface area contributed by atoms with Gasteiger partial charge in [0.05, 0.1) is 0 Å². The summed E-state index contributed by atoms with van der Waals surface area (Å²) >= 11 is 0. The Morgan fingerprint density at radius 3 is 2.40 bits per heavy atom. The van der Waals surface area contributed by atoms with Gasteiger partial charge >= 0.3 is 5.97 Å². The molecule has 0 aliphatic heterocycles. The zero-order chi connectivity index (χ0) is 10.9. The van der Waals surface area contributed by atoms with E-state index in [1.165, 1.54) is 6.08 Å². The lowest BCUT2D eigenvalue weighted by Gasteiger charge is -2.37. The second-order valence-corrected chi connectivity index (χ2v) is 4.43. The topological polar surface area (TPSA) is 66.4 Å². The molecule has 0 heterocycles. The van der Waals surface area contributed by atoms with Crippen LogP contribution in [0.15, 0.2) is 12.2 Å². The Balaban J connectivity index is 1.88. The van der Waals surface area contributed by atoms with E-state index in [1.807, 2.05) is 6.08 Å². The molecule has 2 fully saturated rings. The Hall–Kier alpha value is -1.32. The van der Waals surface area contributed by atoms with E-state index in [2.05, 4.69) is 5.32 Å². The molecule has 2 saturated carbocycles. The molecule has 0 unspecified atom stereocenters. The molecular formula is C11H15NO3. The molecule has 2 aliphatic carbocycles. The molecule has 15 heavy (non-hydrogen) atoms. The molecular weight excluding hydrogens is 194 g/mol. The summed E-state index contributed by atoms with van der Waals surface area (Å²) in [4.78, 5) is 22.4. The van der Waals surface area contributed by atoms with Crippen molar-refractivity contribution >= 4 is 11.9 Å². The lowest BCUT2D eigenvalue weighted by atomic mass is 9.77. The van der Waals surface area contributed by atoms with Crippen molar-refractivity contribution in [2.75, 3.05) is 0 Å². The maximum absolute atomic E-state index is 11.4. The second-order valence-electron chi connectivity index (χ2n) is 4.43. The Kier molecular flexibility index (Phi) is 2.50. The summed E-state index contributed by atoms with van der Waals surface area (Å²) in [6.45, 7) is 0. The first-order valence-electron chi connectivity index (χ1n) is 5.36. The number of carbonyl (C=O) groups is 2. The monoisotopic (exact) mass is 209 g/mol. The molecule has 0 saturated heterocycles. The summed E-state index contributed by atoms with van der Waals surface area (Å²) in [7, 11) is 0. The first-order valence-corrected chi connectivity index (χ1v) is 5.36. The molecule has 82 valence electrons. The highest BCUT2D eigenvalue weighted by molar-refractivity contribution is 5.93. The maximum atomic E-state index is 11.4. The number of carboxylic acids is 1. The van der Waals surface area contributed by atoms with Crippen LogP contribution in [0, 0.1) is 5.92 Å².